The highest BCUT2D eigenvalue weighted by Crippen LogP contribution is 2.36. The highest BCUT2D eigenvalue weighted by Gasteiger charge is 2.44. The van der Waals surface area contributed by atoms with E-state index in [1.807, 2.05) is 13.0 Å². The minimum Gasteiger partial charge on any atom is -0.461 e. The Labute approximate surface area is 164 Å². The van der Waals surface area contributed by atoms with E-state index in [9.17, 15) is 19.5 Å². The lowest BCUT2D eigenvalue weighted by molar-refractivity contribution is -0.148. The van der Waals surface area contributed by atoms with E-state index in [0.29, 0.717) is 19.3 Å². The number of allylic oxidation sites excluding steroid dienone is 1. The van der Waals surface area contributed by atoms with Crippen LogP contribution in [0.3, 0.4) is 0 Å². The fourth-order valence-corrected chi connectivity index (χ4v) is 3.24. The molecule has 7 nitrogen and oxygen atoms in total. The first-order valence-corrected chi connectivity index (χ1v) is 9.10. The van der Waals surface area contributed by atoms with Crippen LogP contribution in [0.4, 0.5) is 0 Å². The number of carbonyl (C=O) groups excluding carboxylic acids is 3. The van der Waals surface area contributed by atoms with Crippen LogP contribution in [-0.4, -0.2) is 48.4 Å². The molecule has 0 aromatic rings. The van der Waals surface area contributed by atoms with Gasteiger partial charge in [-0.1, -0.05) is 24.8 Å². The van der Waals surface area contributed by atoms with Crippen molar-refractivity contribution in [1.82, 2.24) is 0 Å². The summed E-state index contributed by atoms with van der Waals surface area (Å²) in [5.74, 6) is -2.38. The van der Waals surface area contributed by atoms with Gasteiger partial charge in [0.1, 0.15) is 18.8 Å². The average molecular weight is 390 g/mol. The summed E-state index contributed by atoms with van der Waals surface area (Å²) in [6.07, 6.45) is 4.09. The van der Waals surface area contributed by atoms with E-state index in [0.717, 1.165) is 11.1 Å². The maximum atomic E-state index is 12.4. The third-order valence-electron chi connectivity index (χ3n) is 4.74. The fourth-order valence-electron chi connectivity index (χ4n) is 3.24. The quantitative estimate of drug-likeness (QED) is 0.332. The molecule has 1 heterocycles. The molecule has 0 amide bonds. The van der Waals surface area contributed by atoms with Crippen molar-refractivity contribution in [2.24, 2.45) is 5.92 Å². The van der Waals surface area contributed by atoms with E-state index in [2.05, 4.69) is 13.2 Å². The number of hydrogen-bond donors (Lipinski definition) is 1. The van der Waals surface area contributed by atoms with E-state index in [-0.39, 0.29) is 24.4 Å². The average Bonchev–Trinajstić information content (AvgIpc) is 2.91. The third kappa shape index (κ3) is 5.42. The Morgan fingerprint density at radius 3 is 2.75 bits per heavy atom. The summed E-state index contributed by atoms with van der Waals surface area (Å²) in [6, 6.07) is 0. The van der Waals surface area contributed by atoms with Gasteiger partial charge in [0.15, 0.2) is 0 Å². The van der Waals surface area contributed by atoms with Crippen molar-refractivity contribution in [1.29, 1.82) is 0 Å². The zero-order valence-corrected chi connectivity index (χ0v) is 16.2. The lowest BCUT2D eigenvalue weighted by Gasteiger charge is -2.27. The SMILES string of the molecule is C=C(COC(C)=O)C(=O)OC1CC(C)=CCCC(CO)=CC2OC(=O)C(=C)C21. The van der Waals surface area contributed by atoms with Crippen LogP contribution in [-0.2, 0) is 28.6 Å². The molecular weight excluding hydrogens is 364 g/mol. The summed E-state index contributed by atoms with van der Waals surface area (Å²) in [7, 11) is 0. The summed E-state index contributed by atoms with van der Waals surface area (Å²) in [5.41, 5.74) is 1.93. The van der Waals surface area contributed by atoms with Crippen LogP contribution >= 0.6 is 0 Å². The van der Waals surface area contributed by atoms with Crippen molar-refractivity contribution in [3.8, 4) is 0 Å². The zero-order chi connectivity index (χ0) is 20.8. The predicted octanol–water partition coefficient (Wildman–Crippen LogP) is 2.16. The normalized spacial score (nSPS) is 25.0. The molecule has 152 valence electrons. The minimum atomic E-state index is -0.714. The van der Waals surface area contributed by atoms with Gasteiger partial charge in [-0.3, -0.25) is 4.79 Å². The molecule has 0 aromatic heterocycles. The van der Waals surface area contributed by atoms with E-state index in [1.54, 1.807) is 6.08 Å². The standard InChI is InChI=1S/C21H26O7/c1-12-6-5-7-16(10-22)9-18-19(14(3)21(25)28-18)17(8-12)27-20(24)13(2)11-26-15(4)23/h6,9,17-19,22H,2-3,5,7-8,10-11H2,1,4H3. The van der Waals surface area contributed by atoms with E-state index >= 15 is 0 Å². The van der Waals surface area contributed by atoms with Crippen LogP contribution in [0.2, 0.25) is 0 Å². The molecule has 3 unspecified atom stereocenters. The molecule has 1 aliphatic heterocycles. The number of esters is 3. The van der Waals surface area contributed by atoms with Crippen LogP contribution in [0.1, 0.15) is 33.1 Å². The first-order valence-electron chi connectivity index (χ1n) is 9.10. The molecular formula is C21H26O7. The van der Waals surface area contributed by atoms with Crippen molar-refractivity contribution < 1.29 is 33.7 Å². The van der Waals surface area contributed by atoms with Crippen LogP contribution in [0, 0.1) is 5.92 Å². The summed E-state index contributed by atoms with van der Waals surface area (Å²) in [5, 5.41) is 9.59. The number of fused-ring (bicyclic) bond motifs is 1. The van der Waals surface area contributed by atoms with Crippen LogP contribution < -0.4 is 0 Å². The molecule has 3 atom stereocenters. The summed E-state index contributed by atoms with van der Waals surface area (Å²) in [4.78, 5) is 35.5. The molecule has 0 saturated carbocycles. The molecule has 28 heavy (non-hydrogen) atoms. The molecule has 0 radical (unpaired) electrons. The monoisotopic (exact) mass is 390 g/mol. The molecule has 1 saturated heterocycles. The fraction of sp³-hybridized carbons (Fsp3) is 0.476. The maximum Gasteiger partial charge on any atom is 0.337 e. The second-order valence-corrected chi connectivity index (χ2v) is 7.02. The molecule has 1 aliphatic carbocycles. The van der Waals surface area contributed by atoms with Crippen LogP contribution in [0.15, 0.2) is 47.6 Å². The van der Waals surface area contributed by atoms with Crippen molar-refractivity contribution in [2.45, 2.75) is 45.3 Å². The minimum absolute atomic E-state index is 0.00656. The van der Waals surface area contributed by atoms with Crippen molar-refractivity contribution in [3.05, 3.63) is 47.6 Å². The Balaban J connectivity index is 2.28. The van der Waals surface area contributed by atoms with Gasteiger partial charge >= 0.3 is 17.9 Å². The molecule has 1 N–H and O–H groups in total. The number of hydrogen-bond acceptors (Lipinski definition) is 7. The van der Waals surface area contributed by atoms with E-state index in [4.69, 9.17) is 14.2 Å². The van der Waals surface area contributed by atoms with Crippen molar-refractivity contribution >= 4 is 17.9 Å². The lowest BCUT2D eigenvalue weighted by atomic mass is 9.85. The van der Waals surface area contributed by atoms with Gasteiger partial charge in [-0.25, -0.2) is 9.59 Å². The largest absolute Gasteiger partial charge is 0.461 e. The Bertz CT molecular complexity index is 744. The highest BCUT2D eigenvalue weighted by molar-refractivity contribution is 5.92. The number of ether oxygens (including phenoxy) is 3. The molecule has 0 bridgehead atoms. The van der Waals surface area contributed by atoms with Gasteiger partial charge in [-0.2, -0.15) is 0 Å². The lowest BCUT2D eigenvalue weighted by Crippen LogP contribution is -2.34. The number of aliphatic hydroxyl groups is 1. The van der Waals surface area contributed by atoms with Crippen LogP contribution in [0.5, 0.6) is 0 Å². The van der Waals surface area contributed by atoms with Gasteiger partial charge in [0.25, 0.3) is 0 Å². The Morgan fingerprint density at radius 2 is 2.11 bits per heavy atom. The van der Waals surface area contributed by atoms with Gasteiger partial charge in [-0.05, 0) is 31.4 Å². The predicted molar refractivity (Wildman–Crippen MR) is 101 cm³/mol. The van der Waals surface area contributed by atoms with Gasteiger partial charge in [0.2, 0.25) is 0 Å². The van der Waals surface area contributed by atoms with E-state index in [1.165, 1.54) is 6.92 Å². The second kappa shape index (κ2) is 9.50. The first-order chi connectivity index (χ1) is 13.2. The van der Waals surface area contributed by atoms with Crippen molar-refractivity contribution in [3.63, 3.8) is 0 Å². The Morgan fingerprint density at radius 1 is 1.39 bits per heavy atom. The zero-order valence-electron chi connectivity index (χ0n) is 16.2. The molecule has 2 aliphatic rings. The molecule has 7 heteroatoms. The Kier molecular flexibility index (Phi) is 7.34. The molecule has 0 aromatic carbocycles. The van der Waals surface area contributed by atoms with Gasteiger partial charge in [-0.15, -0.1) is 0 Å². The summed E-state index contributed by atoms with van der Waals surface area (Å²) >= 11 is 0. The highest BCUT2D eigenvalue weighted by atomic mass is 16.6. The van der Waals surface area contributed by atoms with Crippen LogP contribution in [0.25, 0.3) is 0 Å². The maximum absolute atomic E-state index is 12.4. The smallest absolute Gasteiger partial charge is 0.337 e. The van der Waals surface area contributed by atoms with Gasteiger partial charge in [0, 0.05) is 18.9 Å². The third-order valence-corrected chi connectivity index (χ3v) is 4.74. The number of carbonyl (C=O) groups is 3. The summed E-state index contributed by atoms with van der Waals surface area (Å²) < 4.78 is 15.8. The van der Waals surface area contributed by atoms with Gasteiger partial charge in [0.05, 0.1) is 18.1 Å². The van der Waals surface area contributed by atoms with E-state index < -0.39 is 36.0 Å². The number of aliphatic hydroxyl groups excluding tert-OH is 1. The van der Waals surface area contributed by atoms with Gasteiger partial charge < -0.3 is 19.3 Å². The number of rotatable bonds is 5. The molecule has 1 fully saturated rings. The molecule has 2 rings (SSSR count). The second-order valence-electron chi connectivity index (χ2n) is 7.02. The van der Waals surface area contributed by atoms with Crippen molar-refractivity contribution in [2.75, 3.05) is 13.2 Å². The topological polar surface area (TPSA) is 99.1 Å². The Hall–Kier alpha value is -2.67. The molecule has 0 spiro atoms. The first kappa shape index (κ1) is 21.6. The summed E-state index contributed by atoms with van der Waals surface area (Å²) in [6.45, 7) is 10.1.